The SMILES string of the molecule is [Cl][Ru]([Cl])=[CH]c1ccccc1OC1CCC1. The molecule has 0 N–H and O–H groups in total. The minimum absolute atomic E-state index is 0.394. The van der Waals surface area contributed by atoms with Gasteiger partial charge in [-0.3, -0.25) is 0 Å². The average molecular weight is 332 g/mol. The van der Waals surface area contributed by atoms with Crippen LogP contribution >= 0.6 is 19.4 Å². The molecule has 1 nitrogen and oxygen atoms in total. The Bertz CT molecular complexity index is 371. The monoisotopic (exact) mass is 332 g/mol. The third kappa shape index (κ3) is 3.27. The molecule has 1 aliphatic carbocycles. The number of hydrogen-bond donors (Lipinski definition) is 0. The molecule has 1 aromatic rings. The number of halogens is 2. The van der Waals surface area contributed by atoms with Crippen LogP contribution in [-0.4, -0.2) is 10.7 Å². The zero-order valence-electron chi connectivity index (χ0n) is 8.10. The maximum atomic E-state index is 5.87. The topological polar surface area (TPSA) is 9.23 Å². The molecule has 0 radical (unpaired) electrons. The Morgan fingerprint density at radius 2 is 2.00 bits per heavy atom. The summed E-state index contributed by atoms with van der Waals surface area (Å²) in [6, 6.07) is 7.94. The van der Waals surface area contributed by atoms with Crippen LogP contribution in [0.4, 0.5) is 0 Å². The summed E-state index contributed by atoms with van der Waals surface area (Å²) in [5, 5.41) is 0. The van der Waals surface area contributed by atoms with E-state index in [0.29, 0.717) is 6.10 Å². The van der Waals surface area contributed by atoms with E-state index in [9.17, 15) is 0 Å². The minimum atomic E-state index is -1.76. The molecular weight excluding hydrogens is 320 g/mol. The number of hydrogen-bond acceptors (Lipinski definition) is 1. The molecule has 0 amide bonds. The van der Waals surface area contributed by atoms with Crippen molar-refractivity contribution >= 4 is 24.0 Å². The zero-order valence-corrected chi connectivity index (χ0v) is 11.4. The molecular formula is C11H12Cl2ORu. The molecule has 4 heteroatoms. The van der Waals surface area contributed by atoms with Gasteiger partial charge in [-0.05, 0) is 0 Å². The Labute approximate surface area is 103 Å². The van der Waals surface area contributed by atoms with Crippen molar-refractivity contribution in [1.82, 2.24) is 0 Å². The van der Waals surface area contributed by atoms with E-state index in [1.807, 2.05) is 28.9 Å². The molecule has 0 aromatic heterocycles. The third-order valence-corrected chi connectivity index (χ3v) is 4.28. The summed E-state index contributed by atoms with van der Waals surface area (Å²) >= 11 is -1.76. The molecule has 0 saturated heterocycles. The van der Waals surface area contributed by atoms with Gasteiger partial charge in [-0.15, -0.1) is 0 Å². The Balaban J connectivity index is 2.17. The first-order valence-electron chi connectivity index (χ1n) is 4.84. The molecule has 0 spiro atoms. The van der Waals surface area contributed by atoms with Gasteiger partial charge in [0.2, 0.25) is 0 Å². The van der Waals surface area contributed by atoms with Crippen molar-refractivity contribution in [2.45, 2.75) is 25.4 Å². The van der Waals surface area contributed by atoms with Crippen molar-refractivity contribution < 1.29 is 18.3 Å². The standard InChI is InChI=1S/C11H12O.2ClH.Ru/c1-9-5-2-3-8-11(9)12-10-6-4-7-10;;;/h1-3,5,8,10H,4,6-7H2;2*1H;/q;;;+2/p-2. The molecule has 0 bridgehead atoms. The van der Waals surface area contributed by atoms with E-state index in [-0.39, 0.29) is 0 Å². The first-order chi connectivity index (χ1) is 7.25. The molecule has 1 aliphatic rings. The second kappa shape index (κ2) is 5.43. The second-order valence-electron chi connectivity index (χ2n) is 3.52. The van der Waals surface area contributed by atoms with E-state index in [2.05, 4.69) is 0 Å². The fraction of sp³-hybridized carbons (Fsp3) is 0.364. The van der Waals surface area contributed by atoms with Gasteiger partial charge in [0.15, 0.2) is 0 Å². The van der Waals surface area contributed by atoms with Crippen molar-refractivity contribution in [2.75, 3.05) is 0 Å². The number of para-hydroxylation sites is 1. The van der Waals surface area contributed by atoms with Crippen molar-refractivity contribution in [3.63, 3.8) is 0 Å². The summed E-state index contributed by atoms with van der Waals surface area (Å²) < 4.78 is 7.79. The van der Waals surface area contributed by atoms with E-state index in [1.165, 1.54) is 6.42 Å². The van der Waals surface area contributed by atoms with Gasteiger partial charge in [0.1, 0.15) is 0 Å². The van der Waals surface area contributed by atoms with Crippen LogP contribution in [0.2, 0.25) is 0 Å². The van der Waals surface area contributed by atoms with Gasteiger partial charge < -0.3 is 0 Å². The Morgan fingerprint density at radius 1 is 1.27 bits per heavy atom. The molecule has 84 valence electrons. The molecule has 0 atom stereocenters. The normalized spacial score (nSPS) is 16.8. The van der Waals surface area contributed by atoms with Crippen molar-refractivity contribution in [1.29, 1.82) is 0 Å². The van der Waals surface area contributed by atoms with Crippen molar-refractivity contribution in [3.8, 4) is 5.75 Å². The van der Waals surface area contributed by atoms with E-state index in [1.54, 1.807) is 0 Å². The van der Waals surface area contributed by atoms with E-state index < -0.39 is 13.5 Å². The van der Waals surface area contributed by atoms with Crippen molar-refractivity contribution in [3.05, 3.63) is 29.8 Å². The first kappa shape index (κ1) is 11.6. The van der Waals surface area contributed by atoms with Gasteiger partial charge in [-0.25, -0.2) is 0 Å². The summed E-state index contributed by atoms with van der Waals surface area (Å²) in [5.41, 5.74) is 1.04. The van der Waals surface area contributed by atoms with Gasteiger partial charge in [0, 0.05) is 0 Å². The number of ether oxygens (including phenoxy) is 1. The quantitative estimate of drug-likeness (QED) is 0.767. The van der Waals surface area contributed by atoms with Gasteiger partial charge in [-0.1, -0.05) is 0 Å². The second-order valence-corrected chi connectivity index (χ2v) is 9.24. The summed E-state index contributed by atoms with van der Waals surface area (Å²) in [5.74, 6) is 0.919. The van der Waals surface area contributed by atoms with E-state index in [0.717, 1.165) is 24.2 Å². The molecule has 1 fully saturated rings. The first-order valence-corrected chi connectivity index (χ1v) is 10.3. The number of benzene rings is 1. The molecule has 0 heterocycles. The predicted octanol–water partition coefficient (Wildman–Crippen LogP) is 3.69. The van der Waals surface area contributed by atoms with Gasteiger partial charge in [0.25, 0.3) is 0 Å². The maximum absolute atomic E-state index is 5.87. The molecule has 1 aromatic carbocycles. The van der Waals surface area contributed by atoms with Crippen LogP contribution in [0.25, 0.3) is 0 Å². The molecule has 1 saturated carbocycles. The Hall–Kier alpha value is 0.0934. The van der Waals surface area contributed by atoms with Gasteiger partial charge in [0.05, 0.1) is 0 Å². The van der Waals surface area contributed by atoms with Crippen LogP contribution < -0.4 is 4.74 Å². The summed E-state index contributed by atoms with van der Waals surface area (Å²) in [4.78, 5) is 0. The Morgan fingerprint density at radius 3 is 2.60 bits per heavy atom. The predicted molar refractivity (Wildman–Crippen MR) is 61.6 cm³/mol. The van der Waals surface area contributed by atoms with Crippen LogP contribution in [0.1, 0.15) is 24.8 Å². The third-order valence-electron chi connectivity index (χ3n) is 2.45. The van der Waals surface area contributed by atoms with Gasteiger partial charge in [-0.2, -0.15) is 0 Å². The fourth-order valence-electron chi connectivity index (χ4n) is 1.42. The molecule has 2 rings (SSSR count). The number of rotatable bonds is 3. The molecule has 0 aliphatic heterocycles. The zero-order chi connectivity index (χ0) is 10.7. The summed E-state index contributed by atoms with van der Waals surface area (Å²) in [6.07, 6.45) is 4.00. The van der Waals surface area contributed by atoms with Crippen LogP contribution in [0.3, 0.4) is 0 Å². The molecule has 15 heavy (non-hydrogen) atoms. The average Bonchev–Trinajstić information content (AvgIpc) is 2.13. The van der Waals surface area contributed by atoms with E-state index >= 15 is 0 Å². The van der Waals surface area contributed by atoms with Crippen LogP contribution in [0.5, 0.6) is 5.75 Å². The Kier molecular flexibility index (Phi) is 4.19. The summed E-state index contributed by atoms with van der Waals surface area (Å²) in [6.45, 7) is 0. The fourth-order valence-corrected chi connectivity index (χ4v) is 3.23. The van der Waals surface area contributed by atoms with Crippen molar-refractivity contribution in [2.24, 2.45) is 0 Å². The van der Waals surface area contributed by atoms with Gasteiger partial charge >= 0.3 is 103 Å². The van der Waals surface area contributed by atoms with Crippen LogP contribution in [0, 0.1) is 0 Å². The van der Waals surface area contributed by atoms with E-state index in [4.69, 9.17) is 24.1 Å². The summed E-state index contributed by atoms with van der Waals surface area (Å²) in [7, 11) is 11.7. The van der Waals surface area contributed by atoms with Crippen LogP contribution in [0.15, 0.2) is 24.3 Å². The van der Waals surface area contributed by atoms with Crippen LogP contribution in [-0.2, 0) is 13.5 Å². The molecule has 0 unspecified atom stereocenters.